The Morgan fingerprint density at radius 2 is 1.72 bits per heavy atom. The lowest BCUT2D eigenvalue weighted by Crippen LogP contribution is -2.32. The Balaban J connectivity index is 0.00000225. The molecule has 1 heterocycles. The predicted octanol–water partition coefficient (Wildman–Crippen LogP) is 4.83. The van der Waals surface area contributed by atoms with Gasteiger partial charge in [-0.1, -0.05) is 18.2 Å². The van der Waals surface area contributed by atoms with Crippen molar-refractivity contribution < 1.29 is 13.5 Å². The minimum Gasteiger partial charge on any atom is -0.330 e. The maximum absolute atomic E-state index is 14.5. The molecule has 5 nitrogen and oxygen atoms in total. The first kappa shape index (κ1) is 19.8. The van der Waals surface area contributed by atoms with Crippen LogP contribution in [0.4, 0.5) is 21.5 Å². The van der Waals surface area contributed by atoms with E-state index in [0.29, 0.717) is 24.5 Å². The van der Waals surface area contributed by atoms with Gasteiger partial charge in [0.05, 0.1) is 11.4 Å². The molecule has 0 saturated carbocycles. The lowest BCUT2D eigenvalue weighted by atomic mass is 10.2. The molecule has 2 aromatic carbocycles. The summed E-state index contributed by atoms with van der Waals surface area (Å²) in [5, 5.41) is 0. The topological polar surface area (TPSA) is 73.0 Å². The summed E-state index contributed by atoms with van der Waals surface area (Å²) in [6.45, 7) is 2.79. The molecular formula is C17H23ClFN3O2S. The van der Waals surface area contributed by atoms with Crippen molar-refractivity contribution in [3.8, 4) is 0 Å². The first-order valence-electron chi connectivity index (χ1n) is 7.88. The summed E-state index contributed by atoms with van der Waals surface area (Å²) < 4.78 is 39.1. The van der Waals surface area contributed by atoms with Crippen molar-refractivity contribution in [1.29, 1.82) is 0 Å². The van der Waals surface area contributed by atoms with Crippen LogP contribution in [0.25, 0.3) is 0 Å². The van der Waals surface area contributed by atoms with E-state index in [2.05, 4.69) is 0 Å². The molecule has 0 amide bonds. The fourth-order valence-electron chi connectivity index (χ4n) is 2.89. The van der Waals surface area contributed by atoms with Crippen LogP contribution in [-0.4, -0.2) is 22.2 Å². The number of para-hydroxylation sites is 2. The van der Waals surface area contributed by atoms with E-state index < -0.39 is 16.8 Å². The van der Waals surface area contributed by atoms with Crippen LogP contribution in [0.15, 0.2) is 42.5 Å². The average Bonchev–Trinajstić information content (AvgIpc) is 2.76. The monoisotopic (exact) mass is 387 g/mol. The number of halogens is 2. The van der Waals surface area contributed by atoms with Crippen molar-refractivity contribution >= 4 is 40.4 Å². The Kier molecular flexibility index (Phi) is 6.18. The lowest BCUT2D eigenvalue weighted by molar-refractivity contribution is 0.482. The van der Waals surface area contributed by atoms with Crippen LogP contribution in [0.1, 0.15) is 18.4 Å². The number of hydrogen-bond donors (Lipinski definition) is 3. The quantitative estimate of drug-likeness (QED) is 0.640. The van der Waals surface area contributed by atoms with Gasteiger partial charge in [-0.3, -0.25) is 13.4 Å². The maximum Gasteiger partial charge on any atom is 0.148 e. The molecule has 1 aliphatic heterocycles. The number of unbranched alkanes of at least 4 members (excludes halogenated alkanes) is 1. The third-order valence-electron chi connectivity index (χ3n) is 4.05. The second kappa shape index (κ2) is 7.80. The molecule has 4 N–H and O–H groups in total. The second-order valence-corrected chi connectivity index (χ2v) is 7.61. The van der Waals surface area contributed by atoms with Crippen LogP contribution in [0, 0.1) is 12.7 Å². The van der Waals surface area contributed by atoms with E-state index in [0.717, 1.165) is 18.4 Å². The number of nitrogens with two attached hydrogens (primary N) is 1. The summed E-state index contributed by atoms with van der Waals surface area (Å²) in [5.74, 6) is -0.478. The van der Waals surface area contributed by atoms with E-state index in [4.69, 9.17) is 5.73 Å². The molecular weight excluding hydrogens is 365 g/mol. The normalized spacial score (nSPS) is 16.4. The summed E-state index contributed by atoms with van der Waals surface area (Å²) >= 11 is 0. The molecule has 2 aromatic rings. The van der Waals surface area contributed by atoms with Gasteiger partial charge >= 0.3 is 0 Å². The van der Waals surface area contributed by atoms with Crippen LogP contribution in [0.2, 0.25) is 0 Å². The molecule has 0 atom stereocenters. The van der Waals surface area contributed by atoms with Gasteiger partial charge in [0.25, 0.3) is 0 Å². The van der Waals surface area contributed by atoms with E-state index in [-0.39, 0.29) is 18.1 Å². The molecule has 0 saturated heterocycles. The third kappa shape index (κ3) is 3.56. The highest BCUT2D eigenvalue weighted by molar-refractivity contribution is 8.27. The van der Waals surface area contributed by atoms with Gasteiger partial charge in [0.2, 0.25) is 0 Å². The zero-order valence-corrected chi connectivity index (χ0v) is 15.6. The molecule has 0 bridgehead atoms. The number of rotatable bonds is 5. The molecule has 0 fully saturated rings. The Labute approximate surface area is 155 Å². The lowest BCUT2D eigenvalue weighted by Gasteiger charge is -2.43. The Hall–Kier alpha value is -1.51. The van der Waals surface area contributed by atoms with Gasteiger partial charge in [-0.25, -0.2) is 8.70 Å². The van der Waals surface area contributed by atoms with Crippen LogP contribution in [-0.2, 0) is 0 Å². The molecule has 8 heteroatoms. The van der Waals surface area contributed by atoms with Gasteiger partial charge in [0.15, 0.2) is 0 Å². The van der Waals surface area contributed by atoms with Gasteiger partial charge in [0.1, 0.15) is 11.5 Å². The summed E-state index contributed by atoms with van der Waals surface area (Å²) in [4.78, 5) is 0. The highest BCUT2D eigenvalue weighted by atomic mass is 35.5. The predicted molar refractivity (Wildman–Crippen MR) is 105 cm³/mol. The zero-order valence-electron chi connectivity index (χ0n) is 13.9. The van der Waals surface area contributed by atoms with Crippen molar-refractivity contribution in [1.82, 2.24) is 0 Å². The number of nitrogens with zero attached hydrogens (tertiary/aromatic N) is 2. The van der Waals surface area contributed by atoms with Gasteiger partial charge in [0, 0.05) is 6.54 Å². The molecule has 0 radical (unpaired) electrons. The van der Waals surface area contributed by atoms with E-state index in [1.54, 1.807) is 35.5 Å². The van der Waals surface area contributed by atoms with E-state index in [1.165, 1.54) is 10.4 Å². The first-order chi connectivity index (χ1) is 11.5. The van der Waals surface area contributed by atoms with E-state index >= 15 is 0 Å². The fourth-order valence-corrected chi connectivity index (χ4v) is 4.71. The summed E-state index contributed by atoms with van der Waals surface area (Å²) in [6, 6.07) is 12.0. The Morgan fingerprint density at radius 1 is 1.04 bits per heavy atom. The van der Waals surface area contributed by atoms with Crippen molar-refractivity contribution in [3.63, 3.8) is 0 Å². The average molecular weight is 388 g/mol. The molecule has 0 unspecified atom stereocenters. The van der Waals surface area contributed by atoms with E-state index in [9.17, 15) is 13.5 Å². The van der Waals surface area contributed by atoms with Crippen molar-refractivity contribution in [3.05, 3.63) is 53.8 Å². The smallest absolute Gasteiger partial charge is 0.148 e. The van der Waals surface area contributed by atoms with Crippen LogP contribution >= 0.6 is 23.4 Å². The minimum absolute atomic E-state index is 0. The van der Waals surface area contributed by atoms with Gasteiger partial charge in [-0.05, 0) is 67.1 Å². The summed E-state index contributed by atoms with van der Waals surface area (Å²) in [6.07, 6.45) is 1.51. The summed E-state index contributed by atoms with van der Waals surface area (Å²) in [7, 11) is -3.37. The Bertz CT molecular complexity index is 748. The molecule has 25 heavy (non-hydrogen) atoms. The molecule has 0 spiro atoms. The van der Waals surface area contributed by atoms with Crippen LogP contribution in [0.3, 0.4) is 0 Å². The van der Waals surface area contributed by atoms with Crippen molar-refractivity contribution in [2.45, 2.75) is 19.8 Å². The van der Waals surface area contributed by atoms with Crippen molar-refractivity contribution in [2.75, 3.05) is 21.7 Å². The van der Waals surface area contributed by atoms with Gasteiger partial charge in [-0.15, -0.1) is 12.4 Å². The van der Waals surface area contributed by atoms with Crippen molar-refractivity contribution in [2.24, 2.45) is 5.73 Å². The highest BCUT2D eigenvalue weighted by Gasteiger charge is 2.42. The molecule has 1 aliphatic rings. The highest BCUT2D eigenvalue weighted by Crippen LogP contribution is 2.64. The van der Waals surface area contributed by atoms with Gasteiger partial charge in [-0.2, -0.15) is 0 Å². The number of benzene rings is 2. The Morgan fingerprint density at radius 3 is 2.36 bits per heavy atom. The fraction of sp³-hybridized carbons (Fsp3) is 0.294. The molecule has 138 valence electrons. The number of hydrogen-bond acceptors (Lipinski definition) is 5. The largest absolute Gasteiger partial charge is 0.330 e. The number of fused-ring (bicyclic) bond motifs is 1. The second-order valence-electron chi connectivity index (χ2n) is 5.83. The van der Waals surface area contributed by atoms with E-state index in [1.807, 2.05) is 12.1 Å². The van der Waals surface area contributed by atoms with Crippen LogP contribution in [0.5, 0.6) is 0 Å². The first-order valence-corrected chi connectivity index (χ1v) is 9.34. The molecule has 0 aliphatic carbocycles. The van der Waals surface area contributed by atoms with Gasteiger partial charge < -0.3 is 5.73 Å². The van der Waals surface area contributed by atoms with Crippen LogP contribution < -0.4 is 14.3 Å². The summed E-state index contributed by atoms with van der Waals surface area (Å²) in [5.41, 5.74) is 7.75. The molecule has 3 rings (SSSR count). The number of anilines is 3. The minimum atomic E-state index is -3.37. The standard InChI is InChI=1S/C17H22FN3O2S.ClH/c1-13-8-9-15(14(18)12-13)21-17-7-3-2-6-16(17)20(24(21,22)23)11-5-4-10-19;/h2-3,6-9,12,22-23H,4-5,10-11,19H2,1H3;1H. The third-order valence-corrected chi connectivity index (χ3v) is 5.90. The zero-order chi connectivity index (χ0) is 17.3. The maximum atomic E-state index is 14.5. The SMILES string of the molecule is Cc1ccc(N2c3ccccc3N(CCCCN)S2(O)O)c(F)c1.Cl. The number of aryl methyl sites for hydroxylation is 1. The molecule has 0 aromatic heterocycles.